The van der Waals surface area contributed by atoms with Crippen molar-refractivity contribution in [1.82, 2.24) is 4.98 Å². The Morgan fingerprint density at radius 1 is 1.04 bits per heavy atom. The van der Waals surface area contributed by atoms with Crippen molar-refractivity contribution in [3.05, 3.63) is 47.7 Å². The SMILES string of the molecule is CC.CCOC(=O)c1cc(C)cc(-c2ccc(OCC)cc2)n1. The van der Waals surface area contributed by atoms with E-state index in [0.29, 0.717) is 18.9 Å². The van der Waals surface area contributed by atoms with Gasteiger partial charge in [-0.05, 0) is 62.7 Å². The normalized spacial score (nSPS) is 9.61. The summed E-state index contributed by atoms with van der Waals surface area (Å²) in [5.74, 6) is 0.424. The van der Waals surface area contributed by atoms with Crippen LogP contribution in [0, 0.1) is 6.92 Å². The molecule has 124 valence electrons. The first-order valence-electron chi connectivity index (χ1n) is 8.03. The Hall–Kier alpha value is -2.36. The molecule has 0 aliphatic heterocycles. The average molecular weight is 315 g/mol. The van der Waals surface area contributed by atoms with E-state index in [1.165, 1.54) is 0 Å². The first-order chi connectivity index (χ1) is 11.1. The highest BCUT2D eigenvalue weighted by atomic mass is 16.5. The van der Waals surface area contributed by atoms with Crippen molar-refractivity contribution < 1.29 is 14.3 Å². The van der Waals surface area contributed by atoms with Gasteiger partial charge in [-0.15, -0.1) is 0 Å². The monoisotopic (exact) mass is 315 g/mol. The zero-order valence-electron chi connectivity index (χ0n) is 14.6. The third-order valence-electron chi connectivity index (χ3n) is 2.92. The second kappa shape index (κ2) is 9.62. The van der Waals surface area contributed by atoms with Gasteiger partial charge in [-0.3, -0.25) is 0 Å². The quantitative estimate of drug-likeness (QED) is 0.753. The summed E-state index contributed by atoms with van der Waals surface area (Å²) >= 11 is 0. The maximum absolute atomic E-state index is 11.8. The lowest BCUT2D eigenvalue weighted by atomic mass is 10.1. The Bertz CT molecular complexity index is 621. The molecule has 23 heavy (non-hydrogen) atoms. The van der Waals surface area contributed by atoms with Crippen LogP contribution in [0.15, 0.2) is 36.4 Å². The van der Waals surface area contributed by atoms with Crippen LogP contribution >= 0.6 is 0 Å². The smallest absolute Gasteiger partial charge is 0.356 e. The fraction of sp³-hybridized carbons (Fsp3) is 0.368. The van der Waals surface area contributed by atoms with Gasteiger partial charge in [0.2, 0.25) is 0 Å². The van der Waals surface area contributed by atoms with Crippen molar-refractivity contribution in [2.75, 3.05) is 13.2 Å². The molecular formula is C19H25NO3. The molecule has 1 heterocycles. The van der Waals surface area contributed by atoms with E-state index in [1.54, 1.807) is 13.0 Å². The van der Waals surface area contributed by atoms with Crippen molar-refractivity contribution in [2.45, 2.75) is 34.6 Å². The first kappa shape index (κ1) is 18.7. The van der Waals surface area contributed by atoms with Gasteiger partial charge in [0.05, 0.1) is 18.9 Å². The van der Waals surface area contributed by atoms with Gasteiger partial charge in [0.1, 0.15) is 11.4 Å². The third kappa shape index (κ3) is 5.40. The minimum absolute atomic E-state index is 0.334. The Labute approximate surface area is 138 Å². The second-order valence-corrected chi connectivity index (χ2v) is 4.59. The maximum Gasteiger partial charge on any atom is 0.356 e. The number of carbonyl (C=O) groups excluding carboxylic acids is 1. The van der Waals surface area contributed by atoms with Crippen LogP contribution in [0.5, 0.6) is 5.75 Å². The number of carbonyl (C=O) groups is 1. The number of aromatic nitrogens is 1. The van der Waals surface area contributed by atoms with Crippen LogP contribution in [0.1, 0.15) is 43.7 Å². The molecule has 0 saturated heterocycles. The van der Waals surface area contributed by atoms with E-state index in [0.717, 1.165) is 22.6 Å². The van der Waals surface area contributed by atoms with Crippen molar-refractivity contribution in [3.63, 3.8) is 0 Å². The fourth-order valence-corrected chi connectivity index (χ4v) is 2.01. The molecule has 0 amide bonds. The van der Waals surface area contributed by atoms with Gasteiger partial charge in [-0.25, -0.2) is 9.78 Å². The number of hydrogen-bond donors (Lipinski definition) is 0. The van der Waals surface area contributed by atoms with Gasteiger partial charge in [-0.1, -0.05) is 13.8 Å². The third-order valence-corrected chi connectivity index (χ3v) is 2.92. The highest BCUT2D eigenvalue weighted by molar-refractivity contribution is 5.88. The Kier molecular flexibility index (Phi) is 7.81. The number of pyridine rings is 1. The van der Waals surface area contributed by atoms with Crippen LogP contribution in [-0.4, -0.2) is 24.2 Å². The number of ether oxygens (including phenoxy) is 2. The summed E-state index contributed by atoms with van der Waals surface area (Å²) in [6.45, 7) is 10.6. The van der Waals surface area contributed by atoms with Crippen LogP contribution in [0.2, 0.25) is 0 Å². The number of benzene rings is 1. The van der Waals surface area contributed by atoms with E-state index in [9.17, 15) is 4.79 Å². The Morgan fingerprint density at radius 3 is 2.26 bits per heavy atom. The van der Waals surface area contributed by atoms with E-state index in [2.05, 4.69) is 4.98 Å². The topological polar surface area (TPSA) is 48.4 Å². The van der Waals surface area contributed by atoms with Gasteiger partial charge in [-0.2, -0.15) is 0 Å². The zero-order valence-corrected chi connectivity index (χ0v) is 14.6. The van der Waals surface area contributed by atoms with E-state index in [4.69, 9.17) is 9.47 Å². The molecule has 0 N–H and O–H groups in total. The first-order valence-corrected chi connectivity index (χ1v) is 8.03. The fourth-order valence-electron chi connectivity index (χ4n) is 2.01. The summed E-state index contributed by atoms with van der Waals surface area (Å²) in [5, 5.41) is 0. The molecular weight excluding hydrogens is 290 g/mol. The number of rotatable bonds is 5. The largest absolute Gasteiger partial charge is 0.494 e. The van der Waals surface area contributed by atoms with Crippen LogP contribution < -0.4 is 4.74 Å². The van der Waals surface area contributed by atoms with Gasteiger partial charge < -0.3 is 9.47 Å². The molecule has 1 aromatic carbocycles. The molecule has 0 spiro atoms. The van der Waals surface area contributed by atoms with Crippen molar-refractivity contribution in [1.29, 1.82) is 0 Å². The van der Waals surface area contributed by atoms with Crippen molar-refractivity contribution in [2.24, 2.45) is 0 Å². The van der Waals surface area contributed by atoms with Crippen LogP contribution in [0.3, 0.4) is 0 Å². The van der Waals surface area contributed by atoms with Crippen LogP contribution in [-0.2, 0) is 4.74 Å². The minimum Gasteiger partial charge on any atom is -0.494 e. The molecule has 0 unspecified atom stereocenters. The lowest BCUT2D eigenvalue weighted by Gasteiger charge is -2.08. The molecule has 0 radical (unpaired) electrons. The molecule has 0 saturated carbocycles. The average Bonchev–Trinajstić information content (AvgIpc) is 2.57. The van der Waals surface area contributed by atoms with Gasteiger partial charge >= 0.3 is 5.97 Å². The van der Waals surface area contributed by atoms with Crippen molar-refractivity contribution >= 4 is 5.97 Å². The molecule has 0 aliphatic rings. The highest BCUT2D eigenvalue weighted by Crippen LogP contribution is 2.22. The summed E-state index contributed by atoms with van der Waals surface area (Å²) in [4.78, 5) is 16.2. The standard InChI is InChI=1S/C17H19NO3.C2H6/c1-4-20-14-8-6-13(7-9-14)15-10-12(3)11-16(18-15)17(19)21-5-2;1-2/h6-11H,4-5H2,1-3H3;1-2H3. The summed E-state index contributed by atoms with van der Waals surface area (Å²) in [6.07, 6.45) is 0. The van der Waals surface area contributed by atoms with E-state index >= 15 is 0 Å². The molecule has 0 atom stereocenters. The summed E-state index contributed by atoms with van der Waals surface area (Å²) < 4.78 is 10.4. The second-order valence-electron chi connectivity index (χ2n) is 4.59. The van der Waals surface area contributed by atoms with Crippen LogP contribution in [0.25, 0.3) is 11.3 Å². The molecule has 4 nitrogen and oxygen atoms in total. The summed E-state index contributed by atoms with van der Waals surface area (Å²) in [5.41, 5.74) is 2.99. The number of nitrogens with zero attached hydrogens (tertiary/aromatic N) is 1. The summed E-state index contributed by atoms with van der Waals surface area (Å²) in [6, 6.07) is 11.3. The molecule has 1 aromatic heterocycles. The Morgan fingerprint density at radius 2 is 1.70 bits per heavy atom. The lowest BCUT2D eigenvalue weighted by Crippen LogP contribution is -2.08. The molecule has 0 bridgehead atoms. The molecule has 2 rings (SSSR count). The van der Waals surface area contributed by atoms with Gasteiger partial charge in [0.15, 0.2) is 0 Å². The summed E-state index contributed by atoms with van der Waals surface area (Å²) in [7, 11) is 0. The predicted molar refractivity (Wildman–Crippen MR) is 92.9 cm³/mol. The lowest BCUT2D eigenvalue weighted by molar-refractivity contribution is 0.0519. The maximum atomic E-state index is 11.8. The molecule has 0 fully saturated rings. The Balaban J connectivity index is 0.00000127. The highest BCUT2D eigenvalue weighted by Gasteiger charge is 2.11. The zero-order chi connectivity index (χ0) is 17.2. The van der Waals surface area contributed by atoms with Crippen LogP contribution in [0.4, 0.5) is 0 Å². The van der Waals surface area contributed by atoms with Gasteiger partial charge in [0, 0.05) is 5.56 Å². The number of hydrogen-bond acceptors (Lipinski definition) is 4. The number of aryl methyl sites for hydroxylation is 1. The minimum atomic E-state index is -0.395. The molecule has 4 heteroatoms. The number of esters is 1. The van der Waals surface area contributed by atoms with E-state index in [1.807, 2.05) is 58.0 Å². The molecule has 0 aliphatic carbocycles. The van der Waals surface area contributed by atoms with Gasteiger partial charge in [0.25, 0.3) is 0 Å². The van der Waals surface area contributed by atoms with Crippen molar-refractivity contribution in [3.8, 4) is 17.0 Å². The van der Waals surface area contributed by atoms with E-state index in [-0.39, 0.29) is 0 Å². The predicted octanol–water partition coefficient (Wildman–Crippen LogP) is 4.66. The molecule has 2 aromatic rings. The van der Waals surface area contributed by atoms with E-state index < -0.39 is 5.97 Å².